The Labute approximate surface area is 168 Å². The number of hydrogen-bond donors (Lipinski definition) is 1. The molecule has 0 saturated carbocycles. The van der Waals surface area contributed by atoms with Crippen LogP contribution >= 0.6 is 11.8 Å². The van der Waals surface area contributed by atoms with Crippen LogP contribution in [0.2, 0.25) is 0 Å². The van der Waals surface area contributed by atoms with Crippen molar-refractivity contribution in [3.8, 4) is 0 Å². The van der Waals surface area contributed by atoms with Crippen LogP contribution in [0.5, 0.6) is 0 Å². The van der Waals surface area contributed by atoms with Crippen molar-refractivity contribution >= 4 is 51.1 Å². The van der Waals surface area contributed by atoms with Crippen LogP contribution in [0.1, 0.15) is 26.7 Å². The van der Waals surface area contributed by atoms with Gasteiger partial charge in [-0.1, -0.05) is 18.2 Å². The van der Waals surface area contributed by atoms with Crippen LogP contribution in [-0.4, -0.2) is 37.9 Å². The number of benzene rings is 2. The topological polar surface area (TPSA) is 54.3 Å². The van der Waals surface area contributed by atoms with Gasteiger partial charge >= 0.3 is 0 Å². The van der Waals surface area contributed by atoms with Crippen molar-refractivity contribution < 1.29 is 9.59 Å². The molecule has 5 nitrogen and oxygen atoms in total. The van der Waals surface area contributed by atoms with E-state index in [0.717, 1.165) is 24.0 Å². The van der Waals surface area contributed by atoms with Crippen LogP contribution in [0.3, 0.4) is 0 Å². The zero-order valence-corrected chi connectivity index (χ0v) is 16.9. The van der Waals surface area contributed by atoms with Gasteiger partial charge in [0.15, 0.2) is 0 Å². The largest absolute Gasteiger partial charge is 0.341 e. The van der Waals surface area contributed by atoms with Gasteiger partial charge in [0.25, 0.3) is 0 Å². The highest BCUT2D eigenvalue weighted by Crippen LogP contribution is 2.47. The second-order valence-electron chi connectivity index (χ2n) is 7.75. The third-order valence-electron chi connectivity index (χ3n) is 6.10. The molecule has 3 aromatic rings. The molecule has 0 unspecified atom stereocenters. The monoisotopic (exact) mass is 393 g/mol. The third kappa shape index (κ3) is 2.47. The number of para-hydroxylation sites is 1. The molecule has 2 fully saturated rings. The molecule has 3 heterocycles. The summed E-state index contributed by atoms with van der Waals surface area (Å²) in [5.41, 5.74) is 3.15. The molecule has 2 atom stereocenters. The number of thioether (sulfide) groups is 1. The first kappa shape index (κ1) is 17.6. The molecule has 144 valence electrons. The molecule has 0 spiro atoms. The van der Waals surface area contributed by atoms with Crippen LogP contribution < -0.4 is 5.32 Å². The fraction of sp³-hybridized carbons (Fsp3) is 0.364. The molecule has 2 aliphatic rings. The van der Waals surface area contributed by atoms with Gasteiger partial charge in [-0.25, -0.2) is 0 Å². The van der Waals surface area contributed by atoms with Gasteiger partial charge in [0, 0.05) is 46.2 Å². The fourth-order valence-corrected chi connectivity index (χ4v) is 6.14. The first-order valence-electron chi connectivity index (χ1n) is 9.80. The highest BCUT2D eigenvalue weighted by Gasteiger charge is 2.52. The maximum Gasteiger partial charge on any atom is 0.248 e. The van der Waals surface area contributed by atoms with Crippen molar-refractivity contribution in [3.63, 3.8) is 0 Å². The Morgan fingerprint density at radius 2 is 2.00 bits per heavy atom. The quantitative estimate of drug-likeness (QED) is 0.725. The standard InChI is InChI=1S/C22H23N3O2S/c1-3-24-17-7-5-4-6-15(17)16-12-14(8-9-18(16)24)23-21(27)19-13-28-22(2)11-10-20(26)25(19)22/h4-9,12,19H,3,10-11,13H2,1-2H3,(H,23,27)/t19-,22-/m0/s1. The molecular formula is C22H23N3O2S. The first-order valence-corrected chi connectivity index (χ1v) is 10.8. The average Bonchev–Trinajstić information content (AvgIpc) is 3.30. The number of nitrogens with zero attached hydrogens (tertiary/aromatic N) is 2. The number of aromatic nitrogens is 1. The Bertz CT molecular complexity index is 1120. The highest BCUT2D eigenvalue weighted by atomic mass is 32.2. The maximum atomic E-state index is 13.0. The van der Waals surface area contributed by atoms with Crippen LogP contribution in [0.25, 0.3) is 21.8 Å². The molecule has 2 saturated heterocycles. The number of carbonyl (C=O) groups excluding carboxylic acids is 2. The highest BCUT2D eigenvalue weighted by molar-refractivity contribution is 8.01. The minimum atomic E-state index is -0.391. The number of carbonyl (C=O) groups is 2. The van der Waals surface area contributed by atoms with Crippen molar-refractivity contribution in [2.24, 2.45) is 0 Å². The lowest BCUT2D eigenvalue weighted by atomic mass is 10.1. The summed E-state index contributed by atoms with van der Waals surface area (Å²) >= 11 is 1.72. The van der Waals surface area contributed by atoms with E-state index in [9.17, 15) is 9.59 Å². The average molecular weight is 394 g/mol. The van der Waals surface area contributed by atoms with Gasteiger partial charge < -0.3 is 14.8 Å². The van der Waals surface area contributed by atoms with Gasteiger partial charge in [-0.3, -0.25) is 9.59 Å². The second-order valence-corrected chi connectivity index (χ2v) is 9.25. The van der Waals surface area contributed by atoms with Crippen molar-refractivity contribution in [1.82, 2.24) is 9.47 Å². The molecule has 6 heteroatoms. The maximum absolute atomic E-state index is 13.0. The molecule has 2 aromatic carbocycles. The van der Waals surface area contributed by atoms with E-state index < -0.39 is 6.04 Å². The van der Waals surface area contributed by atoms with E-state index in [1.165, 1.54) is 16.4 Å². The fourth-order valence-electron chi connectivity index (χ4n) is 4.71. The molecule has 0 bridgehead atoms. The first-order chi connectivity index (χ1) is 13.5. The molecule has 28 heavy (non-hydrogen) atoms. The molecule has 1 N–H and O–H groups in total. The van der Waals surface area contributed by atoms with Crippen LogP contribution in [0.15, 0.2) is 42.5 Å². The Morgan fingerprint density at radius 1 is 1.21 bits per heavy atom. The summed E-state index contributed by atoms with van der Waals surface area (Å²) in [5.74, 6) is 0.657. The minimum Gasteiger partial charge on any atom is -0.341 e. The van der Waals surface area contributed by atoms with Crippen LogP contribution in [-0.2, 0) is 16.1 Å². The molecule has 5 rings (SSSR count). The van der Waals surface area contributed by atoms with Crippen molar-refractivity contribution in [1.29, 1.82) is 0 Å². The number of fused-ring (bicyclic) bond motifs is 4. The summed E-state index contributed by atoms with van der Waals surface area (Å²) in [6.07, 6.45) is 1.36. The lowest BCUT2D eigenvalue weighted by Gasteiger charge is -2.29. The van der Waals surface area contributed by atoms with Gasteiger partial charge in [-0.2, -0.15) is 0 Å². The normalized spacial score (nSPS) is 24.3. The number of rotatable bonds is 3. The molecule has 1 aromatic heterocycles. The van der Waals surface area contributed by atoms with E-state index in [2.05, 4.69) is 54.1 Å². The van der Waals surface area contributed by atoms with E-state index in [0.29, 0.717) is 12.2 Å². The Hall–Kier alpha value is -2.47. The predicted molar refractivity (Wildman–Crippen MR) is 114 cm³/mol. The van der Waals surface area contributed by atoms with Gasteiger partial charge in [0.05, 0.1) is 4.87 Å². The van der Waals surface area contributed by atoms with E-state index in [1.807, 2.05) is 12.1 Å². The zero-order valence-electron chi connectivity index (χ0n) is 16.1. The number of nitrogens with one attached hydrogen (secondary N) is 1. The van der Waals surface area contributed by atoms with E-state index in [1.54, 1.807) is 16.7 Å². The SMILES string of the molecule is CCn1c2ccccc2c2cc(NC(=O)[C@@H]3CS[C@@]4(C)CCC(=O)N34)ccc21. The third-order valence-corrected chi connectivity index (χ3v) is 7.61. The summed E-state index contributed by atoms with van der Waals surface area (Å²) in [4.78, 5) is 26.9. The molecule has 0 radical (unpaired) electrons. The number of aryl methyl sites for hydroxylation is 1. The van der Waals surface area contributed by atoms with Crippen LogP contribution in [0.4, 0.5) is 5.69 Å². The second kappa shape index (κ2) is 6.27. The molecular weight excluding hydrogens is 370 g/mol. The number of amides is 2. The summed E-state index contributed by atoms with van der Waals surface area (Å²) in [6, 6.07) is 14.0. The lowest BCUT2D eigenvalue weighted by molar-refractivity contribution is -0.135. The Balaban J connectivity index is 1.48. The smallest absolute Gasteiger partial charge is 0.248 e. The van der Waals surface area contributed by atoms with Gasteiger partial charge in [0.2, 0.25) is 11.8 Å². The molecule has 2 amide bonds. The summed E-state index contributed by atoms with van der Waals surface area (Å²) < 4.78 is 2.29. The van der Waals surface area contributed by atoms with E-state index >= 15 is 0 Å². The summed E-state index contributed by atoms with van der Waals surface area (Å²) in [6.45, 7) is 5.11. The van der Waals surface area contributed by atoms with Crippen molar-refractivity contribution in [2.45, 2.75) is 44.1 Å². The molecule has 2 aliphatic heterocycles. The van der Waals surface area contributed by atoms with Gasteiger partial charge in [-0.05, 0) is 44.5 Å². The zero-order chi connectivity index (χ0) is 19.5. The van der Waals surface area contributed by atoms with Crippen LogP contribution in [0, 0.1) is 0 Å². The number of anilines is 1. The Kier molecular flexibility index (Phi) is 3.95. The van der Waals surface area contributed by atoms with E-state index in [4.69, 9.17) is 0 Å². The van der Waals surface area contributed by atoms with Crippen molar-refractivity contribution in [3.05, 3.63) is 42.5 Å². The molecule has 0 aliphatic carbocycles. The van der Waals surface area contributed by atoms with E-state index in [-0.39, 0.29) is 16.7 Å². The van der Waals surface area contributed by atoms with Crippen molar-refractivity contribution in [2.75, 3.05) is 11.1 Å². The minimum absolute atomic E-state index is 0.0918. The predicted octanol–water partition coefficient (Wildman–Crippen LogP) is 4.21. The summed E-state index contributed by atoms with van der Waals surface area (Å²) in [5, 5.41) is 5.39. The number of hydrogen-bond acceptors (Lipinski definition) is 3. The van der Waals surface area contributed by atoms with Gasteiger partial charge in [0.1, 0.15) is 6.04 Å². The lowest BCUT2D eigenvalue weighted by Crippen LogP contribution is -2.48. The Morgan fingerprint density at radius 3 is 2.82 bits per heavy atom. The summed E-state index contributed by atoms with van der Waals surface area (Å²) in [7, 11) is 0. The van der Waals surface area contributed by atoms with Gasteiger partial charge in [-0.15, -0.1) is 11.8 Å².